The van der Waals surface area contributed by atoms with Crippen LogP contribution >= 0.6 is 11.8 Å². The van der Waals surface area contributed by atoms with Crippen LogP contribution in [0, 0.1) is 13.8 Å². The summed E-state index contributed by atoms with van der Waals surface area (Å²) >= 11 is 1.48. The van der Waals surface area contributed by atoms with Crippen LogP contribution < -0.4 is 0 Å². The molecule has 2 aromatic heterocycles. The number of nitrogens with zero attached hydrogens (tertiary/aromatic N) is 4. The van der Waals surface area contributed by atoms with Crippen LogP contribution in [0.4, 0.5) is 0 Å². The summed E-state index contributed by atoms with van der Waals surface area (Å²) < 4.78 is 2.08. The molecule has 0 spiro atoms. The number of rotatable bonds is 3. The SMILES string of the molecule is Cc1ccc2cc(C)c3nnc(SCC(=O)N4CCCC4)n3c2c1. The second-order valence-corrected chi connectivity index (χ2v) is 7.35. The zero-order valence-corrected chi connectivity index (χ0v) is 14.8. The second-order valence-electron chi connectivity index (χ2n) is 6.41. The fourth-order valence-electron chi connectivity index (χ4n) is 3.29. The molecule has 1 aliphatic heterocycles. The minimum atomic E-state index is 0.197. The fourth-order valence-corrected chi connectivity index (χ4v) is 4.13. The number of hydrogen-bond donors (Lipinski definition) is 0. The largest absolute Gasteiger partial charge is 0.342 e. The van der Waals surface area contributed by atoms with Crippen LogP contribution in [0.2, 0.25) is 0 Å². The summed E-state index contributed by atoms with van der Waals surface area (Å²) in [4.78, 5) is 14.3. The van der Waals surface area contributed by atoms with Gasteiger partial charge in [0, 0.05) is 13.1 Å². The molecule has 0 atom stereocenters. The maximum atomic E-state index is 12.3. The lowest BCUT2D eigenvalue weighted by atomic mass is 10.1. The number of carbonyl (C=O) groups is 1. The molecule has 1 fully saturated rings. The Hall–Kier alpha value is -2.08. The molecule has 0 unspecified atom stereocenters. The number of aryl methyl sites for hydroxylation is 2. The molecule has 0 bridgehead atoms. The first-order valence-corrected chi connectivity index (χ1v) is 9.28. The van der Waals surface area contributed by atoms with Crippen molar-refractivity contribution in [3.63, 3.8) is 0 Å². The number of aromatic nitrogens is 3. The molecule has 1 amide bonds. The molecule has 24 heavy (non-hydrogen) atoms. The van der Waals surface area contributed by atoms with Crippen LogP contribution in [0.3, 0.4) is 0 Å². The Kier molecular flexibility index (Phi) is 3.92. The Morgan fingerprint density at radius 2 is 1.96 bits per heavy atom. The first-order chi connectivity index (χ1) is 11.6. The van der Waals surface area contributed by atoms with Gasteiger partial charge in [0.1, 0.15) is 0 Å². The van der Waals surface area contributed by atoms with Crippen molar-refractivity contribution in [1.82, 2.24) is 19.5 Å². The van der Waals surface area contributed by atoms with E-state index in [0.717, 1.165) is 53.2 Å². The highest BCUT2D eigenvalue weighted by atomic mass is 32.2. The average molecular weight is 340 g/mol. The zero-order chi connectivity index (χ0) is 16.7. The molecule has 6 heteroatoms. The van der Waals surface area contributed by atoms with Gasteiger partial charge in [0.15, 0.2) is 10.8 Å². The molecular formula is C18H20N4OS. The molecule has 1 aliphatic rings. The number of amides is 1. The Morgan fingerprint density at radius 1 is 1.17 bits per heavy atom. The number of carbonyl (C=O) groups excluding carboxylic acids is 1. The summed E-state index contributed by atoms with van der Waals surface area (Å²) in [5.41, 5.74) is 4.25. The Morgan fingerprint density at radius 3 is 2.75 bits per heavy atom. The van der Waals surface area contributed by atoms with Crippen molar-refractivity contribution in [3.05, 3.63) is 35.4 Å². The molecule has 0 N–H and O–H groups in total. The zero-order valence-electron chi connectivity index (χ0n) is 14.0. The fraction of sp³-hybridized carbons (Fsp3) is 0.389. The van der Waals surface area contributed by atoms with Crippen molar-refractivity contribution < 1.29 is 4.79 Å². The van der Waals surface area contributed by atoms with Gasteiger partial charge in [-0.1, -0.05) is 23.9 Å². The van der Waals surface area contributed by atoms with Gasteiger partial charge in [-0.25, -0.2) is 0 Å². The van der Waals surface area contributed by atoms with E-state index in [1.807, 2.05) is 11.8 Å². The van der Waals surface area contributed by atoms with Gasteiger partial charge in [-0.3, -0.25) is 9.20 Å². The lowest BCUT2D eigenvalue weighted by Gasteiger charge is -2.14. The third-order valence-electron chi connectivity index (χ3n) is 4.57. The van der Waals surface area contributed by atoms with Crippen LogP contribution in [0.15, 0.2) is 29.4 Å². The highest BCUT2D eigenvalue weighted by molar-refractivity contribution is 7.99. The van der Waals surface area contributed by atoms with Gasteiger partial charge >= 0.3 is 0 Å². The first-order valence-electron chi connectivity index (χ1n) is 8.29. The summed E-state index contributed by atoms with van der Waals surface area (Å²) in [5, 5.41) is 10.6. The molecule has 0 saturated carbocycles. The average Bonchev–Trinajstić information content (AvgIpc) is 3.23. The molecular weight excluding hydrogens is 320 g/mol. The van der Waals surface area contributed by atoms with E-state index in [1.54, 1.807) is 0 Å². The van der Waals surface area contributed by atoms with Crippen LogP contribution in [0.25, 0.3) is 16.6 Å². The molecule has 1 aromatic carbocycles. The second kappa shape index (κ2) is 6.09. The molecule has 5 nitrogen and oxygen atoms in total. The minimum Gasteiger partial charge on any atom is -0.342 e. The van der Waals surface area contributed by atoms with E-state index in [-0.39, 0.29) is 5.91 Å². The molecule has 0 aliphatic carbocycles. The van der Waals surface area contributed by atoms with Gasteiger partial charge < -0.3 is 4.90 Å². The maximum absolute atomic E-state index is 12.3. The van der Waals surface area contributed by atoms with Gasteiger partial charge in [0.05, 0.1) is 11.3 Å². The lowest BCUT2D eigenvalue weighted by molar-refractivity contribution is -0.127. The number of benzene rings is 1. The van der Waals surface area contributed by atoms with Gasteiger partial charge in [-0.15, -0.1) is 10.2 Å². The molecule has 3 heterocycles. The Balaban J connectivity index is 1.71. The Bertz CT molecular complexity index is 928. The summed E-state index contributed by atoms with van der Waals surface area (Å²) in [6.45, 7) is 5.91. The van der Waals surface area contributed by atoms with Gasteiger partial charge in [0.2, 0.25) is 5.91 Å². The van der Waals surface area contributed by atoms with Crippen LogP contribution in [-0.2, 0) is 4.79 Å². The Labute approximate surface area is 145 Å². The highest BCUT2D eigenvalue weighted by Crippen LogP contribution is 2.26. The van der Waals surface area contributed by atoms with Crippen molar-refractivity contribution in [2.75, 3.05) is 18.8 Å². The molecule has 124 valence electrons. The van der Waals surface area contributed by atoms with Crippen LogP contribution in [-0.4, -0.2) is 44.2 Å². The van der Waals surface area contributed by atoms with E-state index in [2.05, 4.69) is 45.8 Å². The van der Waals surface area contributed by atoms with Gasteiger partial charge in [-0.05, 0) is 55.3 Å². The topological polar surface area (TPSA) is 50.5 Å². The predicted octanol–water partition coefficient (Wildman–Crippen LogP) is 3.21. The van der Waals surface area contributed by atoms with Crippen LogP contribution in [0.5, 0.6) is 0 Å². The van der Waals surface area contributed by atoms with Crippen molar-refractivity contribution in [2.24, 2.45) is 0 Å². The lowest BCUT2D eigenvalue weighted by Crippen LogP contribution is -2.29. The number of pyridine rings is 1. The van der Waals surface area contributed by atoms with E-state index in [0.29, 0.717) is 5.75 Å². The summed E-state index contributed by atoms with van der Waals surface area (Å²) in [6, 6.07) is 8.53. The minimum absolute atomic E-state index is 0.197. The van der Waals surface area contributed by atoms with E-state index in [1.165, 1.54) is 17.3 Å². The maximum Gasteiger partial charge on any atom is 0.233 e. The van der Waals surface area contributed by atoms with E-state index >= 15 is 0 Å². The summed E-state index contributed by atoms with van der Waals surface area (Å²) in [6.07, 6.45) is 2.24. The van der Waals surface area contributed by atoms with Crippen molar-refractivity contribution >= 4 is 34.2 Å². The molecule has 4 rings (SSSR count). The van der Waals surface area contributed by atoms with E-state index < -0.39 is 0 Å². The summed E-state index contributed by atoms with van der Waals surface area (Å²) in [7, 11) is 0. The normalized spacial score (nSPS) is 14.8. The number of likely N-dealkylation sites (tertiary alicyclic amines) is 1. The standard InChI is InChI=1S/C18H20N4OS/c1-12-5-6-14-10-13(2)17-19-20-18(22(17)15(14)9-12)24-11-16(23)21-7-3-4-8-21/h5-6,9-10H,3-4,7-8,11H2,1-2H3. The first kappa shape index (κ1) is 15.4. The quantitative estimate of drug-likeness (QED) is 0.687. The van der Waals surface area contributed by atoms with Crippen molar-refractivity contribution in [2.45, 2.75) is 31.8 Å². The molecule has 1 saturated heterocycles. The van der Waals surface area contributed by atoms with Crippen molar-refractivity contribution in [3.8, 4) is 0 Å². The third-order valence-corrected chi connectivity index (χ3v) is 5.48. The van der Waals surface area contributed by atoms with Crippen LogP contribution in [0.1, 0.15) is 24.0 Å². The number of thioether (sulfide) groups is 1. The highest BCUT2D eigenvalue weighted by Gasteiger charge is 2.19. The molecule has 0 radical (unpaired) electrons. The summed E-state index contributed by atoms with van der Waals surface area (Å²) in [5.74, 6) is 0.615. The van der Waals surface area contributed by atoms with E-state index in [9.17, 15) is 4.79 Å². The van der Waals surface area contributed by atoms with E-state index in [4.69, 9.17) is 0 Å². The third kappa shape index (κ3) is 2.65. The smallest absolute Gasteiger partial charge is 0.233 e. The van der Waals surface area contributed by atoms with Crippen molar-refractivity contribution in [1.29, 1.82) is 0 Å². The number of fused-ring (bicyclic) bond motifs is 3. The number of hydrogen-bond acceptors (Lipinski definition) is 4. The predicted molar refractivity (Wildman–Crippen MR) is 96.5 cm³/mol. The van der Waals surface area contributed by atoms with Gasteiger partial charge in [-0.2, -0.15) is 0 Å². The molecule has 3 aromatic rings. The monoisotopic (exact) mass is 340 g/mol. The van der Waals surface area contributed by atoms with Gasteiger partial charge in [0.25, 0.3) is 0 Å².